The summed E-state index contributed by atoms with van der Waals surface area (Å²) < 4.78 is 0. The first-order valence-electron chi connectivity index (χ1n) is 13.8. The van der Waals surface area contributed by atoms with Gasteiger partial charge < -0.3 is 0 Å². The minimum absolute atomic E-state index is 0.839. The van der Waals surface area contributed by atoms with Crippen LogP contribution in [0.3, 0.4) is 0 Å². The van der Waals surface area contributed by atoms with Crippen molar-refractivity contribution in [2.45, 2.75) is 88.9 Å². The lowest BCUT2D eigenvalue weighted by Gasteiger charge is -2.35. The van der Waals surface area contributed by atoms with Gasteiger partial charge in [0, 0.05) is 33.6 Å². The fourth-order valence-corrected chi connectivity index (χ4v) is 13.5. The van der Waals surface area contributed by atoms with E-state index in [1.165, 1.54) is 77.0 Å². The molecule has 0 nitrogen and oxygen atoms in total. The summed E-state index contributed by atoms with van der Waals surface area (Å²) >= 11 is 6.65. The molecule has 6 bridgehead atoms. The number of allylic oxidation sites excluding steroid dienone is 4. The van der Waals surface area contributed by atoms with Crippen LogP contribution in [0.4, 0.5) is 0 Å². The minimum atomic E-state index is 0.839. The lowest BCUT2D eigenvalue weighted by Crippen LogP contribution is -2.33. The molecule has 0 atom stereocenters. The summed E-state index contributed by atoms with van der Waals surface area (Å²) in [7, 11) is 0. The Bertz CT molecular complexity index is 1180. The second-order valence-corrected chi connectivity index (χ2v) is 15.3. The molecule has 1 aromatic heterocycles. The van der Waals surface area contributed by atoms with Crippen LogP contribution < -0.4 is 0 Å². The van der Waals surface area contributed by atoms with Crippen LogP contribution in [0.2, 0.25) is 0 Å². The van der Waals surface area contributed by atoms with Gasteiger partial charge in [0.15, 0.2) is 0 Å². The molecule has 3 heterocycles. The number of hydrogen-bond donors (Lipinski definition) is 0. The van der Waals surface area contributed by atoms with Crippen molar-refractivity contribution in [3.05, 3.63) is 54.0 Å². The van der Waals surface area contributed by atoms with E-state index < -0.39 is 0 Å². The maximum absolute atomic E-state index is 2.69. The maximum Gasteiger partial charge on any atom is 0.300 e. The van der Waals surface area contributed by atoms with Crippen molar-refractivity contribution in [3.63, 3.8) is 0 Å². The highest BCUT2D eigenvalue weighted by Crippen LogP contribution is 2.56. The summed E-state index contributed by atoms with van der Waals surface area (Å²) in [4.78, 5) is 10.3. The number of thiophene rings is 1. The first kappa shape index (κ1) is 19.3. The average molecular weight is 489 g/mol. The van der Waals surface area contributed by atoms with E-state index in [1.807, 2.05) is 11.1 Å². The van der Waals surface area contributed by atoms with Crippen LogP contribution in [0.15, 0.2) is 38.7 Å². The first-order chi connectivity index (χ1) is 16.3. The van der Waals surface area contributed by atoms with Gasteiger partial charge in [0.25, 0.3) is 14.7 Å². The summed E-state index contributed by atoms with van der Waals surface area (Å²) in [5, 5.41) is 0. The third-order valence-electron chi connectivity index (χ3n) is 10.6. The van der Waals surface area contributed by atoms with E-state index >= 15 is 0 Å². The van der Waals surface area contributed by atoms with Gasteiger partial charge in [0.2, 0.25) is 27.6 Å². The topological polar surface area (TPSA) is 0 Å². The predicted molar refractivity (Wildman–Crippen MR) is 145 cm³/mol. The minimum Gasteiger partial charge on any atom is -0.134 e. The third-order valence-corrected chi connectivity index (χ3v) is 14.8. The SMILES string of the molecule is C1=C2C(=[S+]/C1=C1\[S+]=C(c3cc4c(s3)C3CCC4CC3)C3=C1C1CCC3CC1)C1CCC2CC1. The second-order valence-electron chi connectivity index (χ2n) is 12.1. The Labute approximate surface area is 209 Å². The molecule has 0 amide bonds. The van der Waals surface area contributed by atoms with Gasteiger partial charge in [-0.15, -0.1) is 11.3 Å². The third kappa shape index (κ3) is 2.58. The van der Waals surface area contributed by atoms with Crippen LogP contribution in [0.5, 0.6) is 0 Å². The maximum atomic E-state index is 2.69. The molecule has 12 rings (SSSR count). The van der Waals surface area contributed by atoms with E-state index in [0.29, 0.717) is 0 Å². The Hall–Kier alpha value is -0.900. The van der Waals surface area contributed by atoms with Crippen molar-refractivity contribution in [3.8, 4) is 0 Å². The molecular weight excluding hydrogens is 457 g/mol. The van der Waals surface area contributed by atoms with Gasteiger partial charge >= 0.3 is 0 Å². The monoisotopic (exact) mass is 488 g/mol. The van der Waals surface area contributed by atoms with Gasteiger partial charge in [0.1, 0.15) is 0 Å². The molecule has 11 aliphatic rings. The summed E-state index contributed by atoms with van der Waals surface area (Å²) in [5.74, 6) is 5.20. The molecule has 0 aromatic carbocycles. The number of fused-ring (bicyclic) bond motifs is 6. The van der Waals surface area contributed by atoms with Crippen LogP contribution in [-0.4, -0.2) is 9.73 Å². The van der Waals surface area contributed by atoms with E-state index in [1.54, 1.807) is 40.4 Å². The van der Waals surface area contributed by atoms with Crippen molar-refractivity contribution in [1.82, 2.24) is 0 Å². The summed E-state index contributed by atoms with van der Waals surface area (Å²) in [6.07, 6.45) is 20.1. The molecule has 5 saturated carbocycles. The Morgan fingerprint density at radius 3 is 2.00 bits per heavy atom. The molecular formula is C30H32S3+2. The van der Waals surface area contributed by atoms with E-state index in [2.05, 4.69) is 46.2 Å². The molecule has 9 aliphatic carbocycles. The summed E-state index contributed by atoms with van der Waals surface area (Å²) in [6, 6.07) is 2.69. The molecule has 0 unspecified atom stereocenters. The smallest absolute Gasteiger partial charge is 0.134 e. The molecule has 0 N–H and O–H groups in total. The largest absolute Gasteiger partial charge is 0.300 e. The molecule has 0 saturated heterocycles. The van der Waals surface area contributed by atoms with Crippen molar-refractivity contribution >= 4 is 43.8 Å². The lowest BCUT2D eigenvalue weighted by atomic mass is 9.65. The van der Waals surface area contributed by atoms with E-state index in [-0.39, 0.29) is 0 Å². The molecule has 168 valence electrons. The Morgan fingerprint density at radius 2 is 1.27 bits per heavy atom. The average Bonchev–Trinajstić information content (AvgIpc) is 3.62. The fourth-order valence-electron chi connectivity index (χ4n) is 8.98. The fraction of sp³-hybridized carbons (Fsp3) is 0.600. The van der Waals surface area contributed by atoms with Crippen LogP contribution in [0, 0.1) is 23.7 Å². The normalized spacial score (nSPS) is 41.8. The molecule has 1 aromatic rings. The van der Waals surface area contributed by atoms with Gasteiger partial charge in [0.05, 0.1) is 4.88 Å². The number of rotatable bonds is 1. The van der Waals surface area contributed by atoms with Crippen LogP contribution >= 0.6 is 11.3 Å². The zero-order chi connectivity index (χ0) is 21.3. The molecule has 3 heteroatoms. The van der Waals surface area contributed by atoms with E-state index in [4.69, 9.17) is 0 Å². The van der Waals surface area contributed by atoms with E-state index in [9.17, 15) is 0 Å². The molecule has 2 aliphatic heterocycles. The standard InChI is InChI=1S/C30H32S3/c1-9-19-10-2-15(1)21-13-23(31-27(19)21)29-25-17-5-7-18(8-6-17)26(25)30(33-29)24-14-22-16-3-11-20(12-4-16)28(22)32-24/h13-20H,1-12H2/q+2. The Balaban J connectivity index is 1.23. The highest BCUT2D eigenvalue weighted by molar-refractivity contribution is 7.88. The van der Waals surface area contributed by atoms with Crippen LogP contribution in [-0.2, 0) is 22.7 Å². The van der Waals surface area contributed by atoms with Gasteiger partial charge in [-0.05, 0) is 118 Å². The highest BCUT2D eigenvalue weighted by Gasteiger charge is 2.54. The Morgan fingerprint density at radius 1 is 0.636 bits per heavy atom. The first-order valence-corrected chi connectivity index (χ1v) is 16.2. The highest BCUT2D eigenvalue weighted by atomic mass is 32.1. The van der Waals surface area contributed by atoms with Gasteiger partial charge in [-0.3, -0.25) is 0 Å². The van der Waals surface area contributed by atoms with Crippen molar-refractivity contribution in [1.29, 1.82) is 0 Å². The summed E-state index contributed by atoms with van der Waals surface area (Å²) in [6.45, 7) is 0. The second kappa shape index (κ2) is 6.86. The Kier molecular flexibility index (Phi) is 4.01. The number of hydrogen-bond acceptors (Lipinski definition) is 1. The van der Waals surface area contributed by atoms with Crippen molar-refractivity contribution < 1.29 is 0 Å². The van der Waals surface area contributed by atoms with Gasteiger partial charge in [-0.1, -0.05) is 0 Å². The van der Waals surface area contributed by atoms with Crippen molar-refractivity contribution in [2.24, 2.45) is 23.7 Å². The van der Waals surface area contributed by atoms with Gasteiger partial charge in [-0.25, -0.2) is 0 Å². The molecule has 5 fully saturated rings. The van der Waals surface area contributed by atoms with Crippen LogP contribution in [0.25, 0.3) is 0 Å². The molecule has 33 heavy (non-hydrogen) atoms. The predicted octanol–water partition coefficient (Wildman–Crippen LogP) is 7.46. The van der Waals surface area contributed by atoms with Crippen LogP contribution in [0.1, 0.15) is 104 Å². The van der Waals surface area contributed by atoms with Gasteiger partial charge in [-0.2, -0.15) is 0 Å². The van der Waals surface area contributed by atoms with E-state index in [0.717, 1.165) is 35.5 Å². The quantitative estimate of drug-likeness (QED) is 0.284. The zero-order valence-corrected chi connectivity index (χ0v) is 21.8. The lowest BCUT2D eigenvalue weighted by molar-refractivity contribution is 0.309. The molecule has 0 radical (unpaired) electrons. The summed E-state index contributed by atoms with van der Waals surface area (Å²) in [5.41, 5.74) is 7.20. The zero-order valence-electron chi connectivity index (χ0n) is 19.3. The molecule has 0 spiro atoms. The van der Waals surface area contributed by atoms with Crippen molar-refractivity contribution in [2.75, 3.05) is 0 Å².